The molecular formula is C20H14ClF2N3O2. The van der Waals surface area contributed by atoms with E-state index in [1.807, 2.05) is 0 Å². The quantitative estimate of drug-likeness (QED) is 0.722. The number of hydrogen-bond donors (Lipinski definition) is 1. The van der Waals surface area contributed by atoms with Crippen LogP contribution in [0.2, 0.25) is 5.02 Å². The summed E-state index contributed by atoms with van der Waals surface area (Å²) in [7, 11) is 0. The van der Waals surface area contributed by atoms with Crippen LogP contribution >= 0.6 is 11.6 Å². The summed E-state index contributed by atoms with van der Waals surface area (Å²) in [5.41, 5.74) is 1.56. The second-order valence-corrected chi connectivity index (χ2v) is 6.72. The zero-order valence-electron chi connectivity index (χ0n) is 14.5. The molecule has 5 nitrogen and oxygen atoms in total. The Morgan fingerprint density at radius 2 is 2.04 bits per heavy atom. The van der Waals surface area contributed by atoms with Crippen LogP contribution in [-0.2, 0) is 6.42 Å². The number of hydrogen-bond acceptors (Lipinski definition) is 4. The average Bonchev–Trinajstić information content (AvgIpc) is 3.09. The molecule has 1 N–H and O–H groups in total. The molecule has 1 aliphatic heterocycles. The Bertz CT molecular complexity index is 1030. The van der Waals surface area contributed by atoms with Crippen molar-refractivity contribution in [3.63, 3.8) is 0 Å². The van der Waals surface area contributed by atoms with Gasteiger partial charge < -0.3 is 10.1 Å². The third-order valence-electron chi connectivity index (χ3n) is 4.38. The van der Waals surface area contributed by atoms with Crippen LogP contribution in [0.5, 0.6) is 5.75 Å². The zero-order chi connectivity index (χ0) is 19.7. The van der Waals surface area contributed by atoms with Gasteiger partial charge in [0.15, 0.2) is 0 Å². The van der Waals surface area contributed by atoms with E-state index in [2.05, 4.69) is 15.3 Å². The second-order valence-electron chi connectivity index (χ2n) is 6.28. The van der Waals surface area contributed by atoms with E-state index in [0.29, 0.717) is 28.5 Å². The molecule has 0 unspecified atom stereocenters. The molecule has 0 saturated carbocycles. The van der Waals surface area contributed by atoms with Crippen LogP contribution < -0.4 is 10.1 Å². The molecule has 4 rings (SSSR count). The molecule has 1 amide bonds. The highest BCUT2D eigenvalue weighted by Gasteiger charge is 2.28. The fourth-order valence-electron chi connectivity index (χ4n) is 3.15. The maximum absolute atomic E-state index is 13.7. The minimum atomic E-state index is -0.912. The molecule has 8 heteroatoms. The van der Waals surface area contributed by atoms with Crippen molar-refractivity contribution in [1.82, 2.24) is 15.3 Å². The van der Waals surface area contributed by atoms with Gasteiger partial charge in [0, 0.05) is 35.0 Å². The standard InChI is InChI=1S/C20H14ClF2N3O2/c21-12-6-11-7-13(9-26-20(27)18-15(22)2-1-3-16(18)23)28-19(11)14(8-12)17-10-24-4-5-25-17/h1-6,8,10,13H,7,9H2,(H,26,27)/t13-/m0/s1. The molecule has 3 aromatic rings. The van der Waals surface area contributed by atoms with Crippen LogP contribution in [0.4, 0.5) is 8.78 Å². The van der Waals surface area contributed by atoms with Gasteiger partial charge >= 0.3 is 0 Å². The first-order valence-corrected chi connectivity index (χ1v) is 8.88. The van der Waals surface area contributed by atoms with Gasteiger partial charge in [-0.1, -0.05) is 17.7 Å². The molecule has 28 heavy (non-hydrogen) atoms. The number of carbonyl (C=O) groups is 1. The van der Waals surface area contributed by atoms with Crippen LogP contribution in [0, 0.1) is 11.6 Å². The van der Waals surface area contributed by atoms with Crippen LogP contribution in [-0.4, -0.2) is 28.5 Å². The van der Waals surface area contributed by atoms with E-state index in [1.165, 1.54) is 6.07 Å². The molecule has 0 aliphatic carbocycles. The SMILES string of the molecule is O=C(NC[C@@H]1Cc2cc(Cl)cc(-c3cnccn3)c2O1)c1c(F)cccc1F. The first-order chi connectivity index (χ1) is 13.5. The monoisotopic (exact) mass is 401 g/mol. The summed E-state index contributed by atoms with van der Waals surface area (Å²) in [6, 6.07) is 6.80. The Labute approximate surface area is 164 Å². The number of ether oxygens (including phenoxy) is 1. The number of rotatable bonds is 4. The topological polar surface area (TPSA) is 64.1 Å². The molecule has 0 saturated heterocycles. The Morgan fingerprint density at radius 1 is 1.25 bits per heavy atom. The van der Waals surface area contributed by atoms with Gasteiger partial charge in [0.25, 0.3) is 5.91 Å². The Kier molecular flexibility index (Phi) is 4.92. The van der Waals surface area contributed by atoms with Gasteiger partial charge in [-0.15, -0.1) is 0 Å². The lowest BCUT2D eigenvalue weighted by molar-refractivity contribution is 0.0925. The molecule has 142 valence electrons. The summed E-state index contributed by atoms with van der Waals surface area (Å²) in [6.07, 6.45) is 4.82. The highest BCUT2D eigenvalue weighted by molar-refractivity contribution is 6.31. The van der Waals surface area contributed by atoms with Crippen LogP contribution in [0.3, 0.4) is 0 Å². The molecular weight excluding hydrogens is 388 g/mol. The second kappa shape index (κ2) is 7.52. The fraction of sp³-hybridized carbons (Fsp3) is 0.150. The molecule has 1 aromatic heterocycles. The maximum atomic E-state index is 13.7. The molecule has 1 aliphatic rings. The van der Waals surface area contributed by atoms with Gasteiger partial charge in [-0.3, -0.25) is 14.8 Å². The Morgan fingerprint density at radius 3 is 2.75 bits per heavy atom. The van der Waals surface area contributed by atoms with E-state index in [1.54, 1.807) is 30.7 Å². The summed E-state index contributed by atoms with van der Waals surface area (Å²) in [5, 5.41) is 3.06. The van der Waals surface area contributed by atoms with E-state index < -0.39 is 29.2 Å². The van der Waals surface area contributed by atoms with Crippen molar-refractivity contribution in [3.05, 3.63) is 76.7 Å². The molecule has 1 atom stereocenters. The predicted octanol–water partition coefficient (Wildman–Crippen LogP) is 3.81. The summed E-state index contributed by atoms with van der Waals surface area (Å²) >= 11 is 6.21. The minimum absolute atomic E-state index is 0.0822. The van der Waals surface area contributed by atoms with E-state index in [0.717, 1.165) is 17.7 Å². The van der Waals surface area contributed by atoms with Crippen molar-refractivity contribution in [2.75, 3.05) is 6.54 Å². The van der Waals surface area contributed by atoms with Crippen molar-refractivity contribution in [1.29, 1.82) is 0 Å². The van der Waals surface area contributed by atoms with Gasteiger partial charge in [-0.25, -0.2) is 8.78 Å². The zero-order valence-corrected chi connectivity index (χ0v) is 15.2. The molecule has 2 aromatic carbocycles. The molecule has 2 heterocycles. The number of carbonyl (C=O) groups excluding carboxylic acids is 1. The summed E-state index contributed by atoms with van der Waals surface area (Å²) < 4.78 is 33.4. The number of amides is 1. The van der Waals surface area contributed by atoms with Gasteiger partial charge in [-0.2, -0.15) is 0 Å². The maximum Gasteiger partial charge on any atom is 0.257 e. The number of aromatic nitrogens is 2. The molecule has 0 radical (unpaired) electrons. The largest absolute Gasteiger partial charge is 0.487 e. The first kappa shape index (κ1) is 18.3. The lowest BCUT2D eigenvalue weighted by Gasteiger charge is -2.14. The number of nitrogens with zero attached hydrogens (tertiary/aromatic N) is 2. The van der Waals surface area contributed by atoms with E-state index in [4.69, 9.17) is 16.3 Å². The van der Waals surface area contributed by atoms with Gasteiger partial charge in [0.1, 0.15) is 29.1 Å². The fourth-order valence-corrected chi connectivity index (χ4v) is 3.39. The van der Waals surface area contributed by atoms with Crippen molar-refractivity contribution in [3.8, 4) is 17.0 Å². The van der Waals surface area contributed by atoms with Crippen LogP contribution in [0.25, 0.3) is 11.3 Å². The van der Waals surface area contributed by atoms with E-state index in [-0.39, 0.29) is 6.54 Å². The van der Waals surface area contributed by atoms with Gasteiger partial charge in [0.05, 0.1) is 18.4 Å². The van der Waals surface area contributed by atoms with Gasteiger partial charge in [0.2, 0.25) is 0 Å². The number of fused-ring (bicyclic) bond motifs is 1. The molecule has 0 bridgehead atoms. The molecule has 0 spiro atoms. The van der Waals surface area contributed by atoms with E-state index in [9.17, 15) is 13.6 Å². The van der Waals surface area contributed by atoms with Gasteiger partial charge in [-0.05, 0) is 24.3 Å². The van der Waals surface area contributed by atoms with Crippen molar-refractivity contribution in [2.24, 2.45) is 0 Å². The van der Waals surface area contributed by atoms with Crippen LogP contribution in [0.15, 0.2) is 48.9 Å². The van der Waals surface area contributed by atoms with Crippen molar-refractivity contribution in [2.45, 2.75) is 12.5 Å². The third-order valence-corrected chi connectivity index (χ3v) is 4.60. The van der Waals surface area contributed by atoms with Crippen LogP contribution in [0.1, 0.15) is 15.9 Å². The third kappa shape index (κ3) is 3.53. The van der Waals surface area contributed by atoms with Crippen molar-refractivity contribution >= 4 is 17.5 Å². The summed E-state index contributed by atoms with van der Waals surface area (Å²) in [4.78, 5) is 20.5. The molecule has 0 fully saturated rings. The Balaban J connectivity index is 1.51. The highest BCUT2D eigenvalue weighted by Crippen LogP contribution is 2.40. The highest BCUT2D eigenvalue weighted by atomic mass is 35.5. The normalized spacial score (nSPS) is 15.0. The predicted molar refractivity (Wildman–Crippen MR) is 99.3 cm³/mol. The Hall–Kier alpha value is -3.06. The first-order valence-electron chi connectivity index (χ1n) is 8.50. The lowest BCUT2D eigenvalue weighted by atomic mass is 10.0. The van der Waals surface area contributed by atoms with Crippen molar-refractivity contribution < 1.29 is 18.3 Å². The number of benzene rings is 2. The minimum Gasteiger partial charge on any atom is -0.487 e. The average molecular weight is 402 g/mol. The lowest BCUT2D eigenvalue weighted by Crippen LogP contribution is -2.35. The number of nitrogens with one attached hydrogen (secondary N) is 1. The summed E-state index contributed by atoms with van der Waals surface area (Å²) in [5.74, 6) is -2.04. The number of halogens is 3. The van der Waals surface area contributed by atoms with E-state index >= 15 is 0 Å². The summed E-state index contributed by atoms with van der Waals surface area (Å²) in [6.45, 7) is 0.0822. The smallest absolute Gasteiger partial charge is 0.257 e.